The Labute approximate surface area is 222 Å². The van der Waals surface area contributed by atoms with Gasteiger partial charge in [-0.3, -0.25) is 4.79 Å². The largest absolute Gasteiger partial charge is 0.487 e. The summed E-state index contributed by atoms with van der Waals surface area (Å²) in [6.07, 6.45) is 2.29. The molecule has 0 saturated heterocycles. The first-order valence-electron chi connectivity index (χ1n) is 12.8. The molecule has 4 rings (SSSR count). The zero-order valence-corrected chi connectivity index (χ0v) is 22.0. The van der Waals surface area contributed by atoms with Gasteiger partial charge in [-0.25, -0.2) is 9.37 Å². The van der Waals surface area contributed by atoms with Crippen molar-refractivity contribution in [3.05, 3.63) is 77.2 Å². The molecule has 1 fully saturated rings. The molecule has 1 unspecified atom stereocenters. The molecule has 3 aromatic rings. The van der Waals surface area contributed by atoms with E-state index in [-0.39, 0.29) is 43.8 Å². The van der Waals surface area contributed by atoms with Crippen LogP contribution in [-0.2, 0) is 11.1 Å². The predicted molar refractivity (Wildman–Crippen MR) is 143 cm³/mol. The van der Waals surface area contributed by atoms with Crippen LogP contribution in [-0.4, -0.2) is 40.3 Å². The molecule has 0 aliphatic heterocycles. The minimum atomic E-state index is -1.43. The summed E-state index contributed by atoms with van der Waals surface area (Å²) in [5.41, 5.74) is 7.02. The average Bonchev–Trinajstić information content (AvgIpc) is 3.70. The second-order valence-electron chi connectivity index (χ2n) is 10.6. The number of rotatable bonds is 12. The lowest BCUT2D eigenvalue weighted by molar-refractivity contribution is 0.0396. The van der Waals surface area contributed by atoms with Gasteiger partial charge in [0.15, 0.2) is 17.3 Å². The van der Waals surface area contributed by atoms with Gasteiger partial charge >= 0.3 is 0 Å². The van der Waals surface area contributed by atoms with E-state index in [1.807, 2.05) is 19.9 Å². The summed E-state index contributed by atoms with van der Waals surface area (Å²) in [6.45, 7) is 5.25. The normalized spacial score (nSPS) is 15.1. The van der Waals surface area contributed by atoms with Crippen LogP contribution in [0.4, 0.5) is 4.39 Å². The Balaban J connectivity index is 1.55. The average molecular weight is 523 g/mol. The van der Waals surface area contributed by atoms with Gasteiger partial charge < -0.3 is 25.4 Å². The molecule has 38 heavy (non-hydrogen) atoms. The number of nitrogens with zero attached hydrogens (tertiary/aromatic N) is 1. The van der Waals surface area contributed by atoms with E-state index in [0.717, 1.165) is 18.4 Å². The number of hydrogen-bond acceptors (Lipinski definition) is 7. The highest BCUT2D eigenvalue weighted by Gasteiger charge is 2.30. The number of aliphatic hydroxyl groups excluding tert-OH is 1. The molecule has 1 saturated carbocycles. The number of ketones is 1. The highest BCUT2D eigenvalue weighted by atomic mass is 19.1. The van der Waals surface area contributed by atoms with E-state index >= 15 is 0 Å². The molecule has 2 aromatic carbocycles. The number of aromatic nitrogens is 1. The van der Waals surface area contributed by atoms with E-state index < -0.39 is 11.1 Å². The van der Waals surface area contributed by atoms with Crippen LogP contribution in [0, 0.1) is 5.82 Å². The van der Waals surface area contributed by atoms with Crippen molar-refractivity contribution in [1.29, 1.82) is 0 Å². The third kappa shape index (κ3) is 6.95. The summed E-state index contributed by atoms with van der Waals surface area (Å²) in [5.74, 6) is 0.424. The van der Waals surface area contributed by atoms with Crippen LogP contribution >= 0.6 is 0 Å². The van der Waals surface area contributed by atoms with Gasteiger partial charge in [0.2, 0.25) is 0 Å². The highest BCUT2D eigenvalue weighted by Crippen LogP contribution is 2.36. The molecule has 0 radical (unpaired) electrons. The summed E-state index contributed by atoms with van der Waals surface area (Å²) in [4.78, 5) is 17.8. The third-order valence-electron chi connectivity index (χ3n) is 6.53. The summed E-state index contributed by atoms with van der Waals surface area (Å²) >= 11 is 0. The van der Waals surface area contributed by atoms with Gasteiger partial charge in [0.1, 0.15) is 18.0 Å². The Kier molecular flexibility index (Phi) is 8.16. The van der Waals surface area contributed by atoms with E-state index in [9.17, 15) is 14.3 Å². The number of benzene rings is 2. The molecule has 7 nitrogen and oxygen atoms in total. The van der Waals surface area contributed by atoms with Crippen LogP contribution in [0.3, 0.4) is 0 Å². The van der Waals surface area contributed by atoms with Crippen molar-refractivity contribution in [1.82, 2.24) is 4.98 Å². The van der Waals surface area contributed by atoms with Crippen LogP contribution in [0.25, 0.3) is 11.3 Å². The molecule has 4 N–H and O–H groups in total. The van der Waals surface area contributed by atoms with Crippen molar-refractivity contribution in [3.8, 4) is 22.8 Å². The standard InChI is InChI=1S/C30H35FN2O5/c1-29(2,32)21-17-24(19-4-7-22(31)8-5-19)33-28(18-21)30(3,36)13-12-25(35)20-6-11-26(38-23-9-10-23)27(16-20)37-15-14-34/h4-8,11,16-18,23,34,36H,9-10,12-15,32H2,1-3H3. The SMILES string of the molecule is CC(C)(N)c1cc(-c2ccc(F)cc2)nc(C(C)(O)CCC(=O)c2ccc(OC3CC3)c(OCCO)c2)c1. The van der Waals surface area contributed by atoms with E-state index in [2.05, 4.69) is 4.98 Å². The molecular formula is C30H35FN2O5. The lowest BCUT2D eigenvalue weighted by atomic mass is 9.88. The molecule has 0 bridgehead atoms. The number of carbonyl (C=O) groups excluding carboxylic acids is 1. The Hall–Kier alpha value is -3.33. The smallest absolute Gasteiger partial charge is 0.163 e. The van der Waals surface area contributed by atoms with E-state index in [1.165, 1.54) is 12.1 Å². The van der Waals surface area contributed by atoms with E-state index in [0.29, 0.717) is 34.0 Å². The number of Topliss-reactive ketones (excluding diaryl/α,β-unsaturated/α-hetero) is 1. The summed E-state index contributed by atoms with van der Waals surface area (Å²) < 4.78 is 24.9. The maximum Gasteiger partial charge on any atom is 0.163 e. The molecule has 1 aliphatic rings. The van der Waals surface area contributed by atoms with Crippen molar-refractivity contribution in [2.45, 2.75) is 63.7 Å². The first-order valence-corrected chi connectivity index (χ1v) is 12.8. The van der Waals surface area contributed by atoms with Gasteiger partial charge in [-0.2, -0.15) is 0 Å². The summed E-state index contributed by atoms with van der Waals surface area (Å²) in [6, 6.07) is 14.6. The maximum atomic E-state index is 13.5. The Morgan fingerprint density at radius 2 is 1.79 bits per heavy atom. The minimum absolute atomic E-state index is 0.0546. The molecule has 8 heteroatoms. The van der Waals surface area contributed by atoms with Gasteiger partial charge in [-0.05, 0) is 100 Å². The number of halogens is 1. The molecule has 1 aromatic heterocycles. The molecule has 0 spiro atoms. The first kappa shape index (κ1) is 27.7. The van der Waals surface area contributed by atoms with Crippen LogP contribution in [0.5, 0.6) is 11.5 Å². The topological polar surface area (TPSA) is 115 Å². The molecule has 0 amide bonds. The number of carbonyl (C=O) groups is 1. The number of aliphatic hydroxyl groups is 2. The van der Waals surface area contributed by atoms with Crippen molar-refractivity contribution in [2.75, 3.05) is 13.2 Å². The van der Waals surface area contributed by atoms with Gasteiger partial charge in [0, 0.05) is 23.1 Å². The fraction of sp³-hybridized carbons (Fsp3) is 0.400. The number of nitrogens with two attached hydrogens (primary N) is 1. The van der Waals surface area contributed by atoms with Crippen molar-refractivity contribution in [2.24, 2.45) is 5.73 Å². The second kappa shape index (κ2) is 11.2. The first-order chi connectivity index (χ1) is 18.0. The van der Waals surface area contributed by atoms with Crippen LogP contribution in [0.2, 0.25) is 0 Å². The van der Waals surface area contributed by atoms with E-state index in [4.69, 9.17) is 20.3 Å². The fourth-order valence-electron chi connectivity index (χ4n) is 3.99. The number of ether oxygens (including phenoxy) is 2. The molecule has 1 aliphatic carbocycles. The quantitative estimate of drug-likeness (QED) is 0.291. The van der Waals surface area contributed by atoms with Crippen molar-refractivity contribution >= 4 is 5.78 Å². The second-order valence-corrected chi connectivity index (χ2v) is 10.6. The van der Waals surface area contributed by atoms with Crippen LogP contribution in [0.15, 0.2) is 54.6 Å². The van der Waals surface area contributed by atoms with E-state index in [1.54, 1.807) is 43.3 Å². The van der Waals surface area contributed by atoms with Crippen molar-refractivity contribution in [3.63, 3.8) is 0 Å². The predicted octanol–water partition coefficient (Wildman–Crippen LogP) is 4.86. The maximum absolute atomic E-state index is 13.5. The Morgan fingerprint density at radius 3 is 2.42 bits per heavy atom. The van der Waals surface area contributed by atoms with Gasteiger partial charge in [0.25, 0.3) is 0 Å². The van der Waals surface area contributed by atoms with Crippen molar-refractivity contribution < 1.29 is 28.9 Å². The Morgan fingerprint density at radius 1 is 1.08 bits per heavy atom. The molecule has 1 atom stereocenters. The lowest BCUT2D eigenvalue weighted by Crippen LogP contribution is -2.31. The summed E-state index contributed by atoms with van der Waals surface area (Å²) in [5, 5.41) is 20.6. The van der Waals surface area contributed by atoms with Gasteiger partial charge in [-0.15, -0.1) is 0 Å². The molecular weight excluding hydrogens is 487 g/mol. The third-order valence-corrected chi connectivity index (χ3v) is 6.53. The van der Waals surface area contributed by atoms with Gasteiger partial charge in [-0.1, -0.05) is 0 Å². The van der Waals surface area contributed by atoms with Crippen LogP contribution in [0.1, 0.15) is 68.1 Å². The number of pyridine rings is 1. The minimum Gasteiger partial charge on any atom is -0.487 e. The lowest BCUT2D eigenvalue weighted by Gasteiger charge is -2.27. The zero-order valence-electron chi connectivity index (χ0n) is 22.0. The fourth-order valence-corrected chi connectivity index (χ4v) is 3.99. The monoisotopic (exact) mass is 522 g/mol. The molecule has 1 heterocycles. The molecule has 202 valence electrons. The Bertz CT molecular complexity index is 1280. The highest BCUT2D eigenvalue weighted by molar-refractivity contribution is 5.96. The summed E-state index contributed by atoms with van der Waals surface area (Å²) in [7, 11) is 0. The van der Waals surface area contributed by atoms with Crippen LogP contribution < -0.4 is 15.2 Å². The number of hydrogen-bond donors (Lipinski definition) is 3. The van der Waals surface area contributed by atoms with Gasteiger partial charge in [0.05, 0.1) is 24.1 Å². The zero-order chi connectivity index (χ0) is 27.5.